The Hall–Kier alpha value is -2.66. The molecule has 1 heterocycles. The molecule has 0 radical (unpaired) electrons. The highest BCUT2D eigenvalue weighted by Crippen LogP contribution is 2.13. The first-order chi connectivity index (χ1) is 12.7. The molecule has 0 aliphatic carbocycles. The molecule has 2 aromatic carbocycles. The lowest BCUT2D eigenvalue weighted by atomic mass is 10.0. The second-order valence-electron chi connectivity index (χ2n) is 6.54. The maximum Gasteiger partial charge on any atom is 0.318 e. The minimum absolute atomic E-state index is 0.196. The van der Waals surface area contributed by atoms with Crippen LogP contribution >= 0.6 is 0 Å². The standard InChI is InChI=1S/C21H24FN3O/c22-19-8-6-17(7-9-19)10-13-23-21(26)24-20-11-14-25(15-12-20)16-18-4-2-1-3-5-18/h1-10,13,20H,11-12,14-16H2,(H2,23,24,26)/b13-10+. The number of carbonyl (C=O) groups excluding carboxylic acids is 1. The third kappa shape index (κ3) is 5.70. The number of hydrogen-bond donors (Lipinski definition) is 2. The maximum atomic E-state index is 12.8. The molecule has 26 heavy (non-hydrogen) atoms. The van der Waals surface area contributed by atoms with Gasteiger partial charge in [-0.25, -0.2) is 9.18 Å². The van der Waals surface area contributed by atoms with Crippen LogP contribution in [0.2, 0.25) is 0 Å². The molecule has 2 amide bonds. The van der Waals surface area contributed by atoms with Gasteiger partial charge in [0, 0.05) is 31.9 Å². The number of rotatable bonds is 5. The first kappa shape index (κ1) is 18.1. The summed E-state index contributed by atoms with van der Waals surface area (Å²) in [5.41, 5.74) is 2.16. The molecular weight excluding hydrogens is 329 g/mol. The van der Waals surface area contributed by atoms with E-state index in [2.05, 4.69) is 39.8 Å². The summed E-state index contributed by atoms with van der Waals surface area (Å²) in [5.74, 6) is -0.272. The van der Waals surface area contributed by atoms with Crippen molar-refractivity contribution in [3.63, 3.8) is 0 Å². The molecule has 0 atom stereocenters. The van der Waals surface area contributed by atoms with Crippen molar-refractivity contribution in [3.05, 3.63) is 77.7 Å². The van der Waals surface area contributed by atoms with Gasteiger partial charge in [0.2, 0.25) is 0 Å². The fourth-order valence-corrected chi connectivity index (χ4v) is 3.09. The van der Waals surface area contributed by atoms with Crippen molar-refractivity contribution in [1.82, 2.24) is 15.5 Å². The van der Waals surface area contributed by atoms with Gasteiger partial charge in [-0.2, -0.15) is 0 Å². The van der Waals surface area contributed by atoms with Crippen LogP contribution < -0.4 is 10.6 Å². The van der Waals surface area contributed by atoms with Crippen LogP contribution in [-0.4, -0.2) is 30.1 Å². The summed E-state index contributed by atoms with van der Waals surface area (Å²) in [4.78, 5) is 14.4. The van der Waals surface area contributed by atoms with Gasteiger partial charge in [0.15, 0.2) is 0 Å². The lowest BCUT2D eigenvalue weighted by Gasteiger charge is -2.32. The molecule has 1 fully saturated rings. The van der Waals surface area contributed by atoms with Crippen molar-refractivity contribution in [1.29, 1.82) is 0 Å². The predicted molar refractivity (Wildman–Crippen MR) is 102 cm³/mol. The smallest absolute Gasteiger partial charge is 0.318 e. The Balaban J connectivity index is 1.37. The van der Waals surface area contributed by atoms with Crippen molar-refractivity contribution >= 4 is 12.1 Å². The normalized spacial score (nSPS) is 15.9. The molecule has 0 aromatic heterocycles. The molecule has 0 saturated carbocycles. The Bertz CT molecular complexity index is 723. The monoisotopic (exact) mass is 353 g/mol. The third-order valence-corrected chi connectivity index (χ3v) is 4.53. The summed E-state index contributed by atoms with van der Waals surface area (Å²) in [7, 11) is 0. The van der Waals surface area contributed by atoms with Crippen LogP contribution in [-0.2, 0) is 6.54 Å². The van der Waals surface area contributed by atoms with Gasteiger partial charge >= 0.3 is 6.03 Å². The number of likely N-dealkylation sites (tertiary alicyclic amines) is 1. The summed E-state index contributed by atoms with van der Waals surface area (Å²) < 4.78 is 12.8. The van der Waals surface area contributed by atoms with E-state index in [1.165, 1.54) is 17.7 Å². The fraction of sp³-hybridized carbons (Fsp3) is 0.286. The molecule has 136 valence electrons. The van der Waals surface area contributed by atoms with E-state index in [0.717, 1.165) is 38.0 Å². The van der Waals surface area contributed by atoms with Gasteiger partial charge in [-0.15, -0.1) is 0 Å². The molecule has 4 nitrogen and oxygen atoms in total. The lowest BCUT2D eigenvalue weighted by Crippen LogP contribution is -2.46. The molecule has 1 saturated heterocycles. The van der Waals surface area contributed by atoms with E-state index in [-0.39, 0.29) is 17.9 Å². The van der Waals surface area contributed by atoms with Crippen LogP contribution in [0.4, 0.5) is 9.18 Å². The Kier molecular flexibility index (Phi) is 6.39. The first-order valence-corrected chi connectivity index (χ1v) is 8.94. The van der Waals surface area contributed by atoms with Crippen LogP contribution in [0.15, 0.2) is 60.8 Å². The zero-order chi connectivity index (χ0) is 18.2. The SMILES string of the molecule is O=C(N/C=C/c1ccc(F)cc1)NC1CCN(Cc2ccccc2)CC1. The van der Waals surface area contributed by atoms with Crippen molar-refractivity contribution in [2.24, 2.45) is 0 Å². The Morgan fingerprint density at radius 2 is 1.77 bits per heavy atom. The molecule has 0 spiro atoms. The number of benzene rings is 2. The van der Waals surface area contributed by atoms with Crippen LogP contribution in [0.5, 0.6) is 0 Å². The number of urea groups is 1. The number of amides is 2. The second kappa shape index (κ2) is 9.15. The molecule has 2 aromatic rings. The number of nitrogens with zero attached hydrogens (tertiary/aromatic N) is 1. The minimum Gasteiger partial charge on any atom is -0.335 e. The molecule has 2 N–H and O–H groups in total. The maximum absolute atomic E-state index is 12.8. The predicted octanol–water partition coefficient (Wildman–Crippen LogP) is 3.76. The van der Waals surface area contributed by atoms with E-state index in [1.807, 2.05) is 6.07 Å². The molecule has 3 rings (SSSR count). The Labute approximate surface area is 153 Å². The van der Waals surface area contributed by atoms with Gasteiger partial charge in [0.05, 0.1) is 0 Å². The zero-order valence-corrected chi connectivity index (χ0v) is 14.7. The summed E-state index contributed by atoms with van der Waals surface area (Å²) in [6, 6.07) is 16.5. The van der Waals surface area contributed by atoms with Gasteiger partial charge < -0.3 is 10.6 Å². The van der Waals surface area contributed by atoms with Crippen molar-refractivity contribution in [2.45, 2.75) is 25.4 Å². The fourth-order valence-electron chi connectivity index (χ4n) is 3.09. The lowest BCUT2D eigenvalue weighted by molar-refractivity contribution is 0.187. The van der Waals surface area contributed by atoms with Crippen molar-refractivity contribution in [3.8, 4) is 0 Å². The molecule has 0 unspecified atom stereocenters. The average molecular weight is 353 g/mol. The molecule has 1 aliphatic rings. The highest BCUT2D eigenvalue weighted by molar-refractivity contribution is 5.76. The number of hydrogen-bond acceptors (Lipinski definition) is 2. The highest BCUT2D eigenvalue weighted by Gasteiger charge is 2.20. The van der Waals surface area contributed by atoms with Crippen molar-refractivity contribution < 1.29 is 9.18 Å². The van der Waals surface area contributed by atoms with E-state index in [0.29, 0.717) is 0 Å². The summed E-state index contributed by atoms with van der Waals surface area (Å²) in [6.45, 7) is 2.91. The van der Waals surface area contributed by atoms with Crippen LogP contribution in [0.3, 0.4) is 0 Å². The number of nitrogens with one attached hydrogen (secondary N) is 2. The van der Waals surface area contributed by atoms with Crippen LogP contribution in [0.1, 0.15) is 24.0 Å². The number of carbonyl (C=O) groups is 1. The highest BCUT2D eigenvalue weighted by atomic mass is 19.1. The summed E-state index contributed by atoms with van der Waals surface area (Å²) in [5, 5.41) is 5.72. The Morgan fingerprint density at radius 1 is 1.08 bits per heavy atom. The number of piperidine rings is 1. The molecule has 0 bridgehead atoms. The first-order valence-electron chi connectivity index (χ1n) is 8.94. The van der Waals surface area contributed by atoms with Gasteiger partial charge in [-0.1, -0.05) is 42.5 Å². The topological polar surface area (TPSA) is 44.4 Å². The summed E-state index contributed by atoms with van der Waals surface area (Å²) in [6.07, 6.45) is 5.21. The summed E-state index contributed by atoms with van der Waals surface area (Å²) >= 11 is 0. The van der Waals surface area contributed by atoms with Gasteiger partial charge in [-0.05, 0) is 42.2 Å². The molecule has 1 aliphatic heterocycles. The van der Waals surface area contributed by atoms with Gasteiger partial charge in [0.1, 0.15) is 5.82 Å². The quantitative estimate of drug-likeness (QED) is 0.860. The van der Waals surface area contributed by atoms with Crippen LogP contribution in [0, 0.1) is 5.82 Å². The molecule has 5 heteroatoms. The van der Waals surface area contributed by atoms with E-state index < -0.39 is 0 Å². The van der Waals surface area contributed by atoms with Gasteiger partial charge in [-0.3, -0.25) is 4.90 Å². The second-order valence-corrected chi connectivity index (χ2v) is 6.54. The Morgan fingerprint density at radius 3 is 2.46 bits per heavy atom. The van der Waals surface area contributed by atoms with Gasteiger partial charge in [0.25, 0.3) is 0 Å². The van der Waals surface area contributed by atoms with E-state index in [1.54, 1.807) is 24.4 Å². The van der Waals surface area contributed by atoms with Crippen LogP contribution in [0.25, 0.3) is 6.08 Å². The average Bonchev–Trinajstić information content (AvgIpc) is 2.66. The third-order valence-electron chi connectivity index (χ3n) is 4.53. The largest absolute Gasteiger partial charge is 0.335 e. The molecular formula is C21H24FN3O. The van der Waals surface area contributed by atoms with Crippen molar-refractivity contribution in [2.75, 3.05) is 13.1 Å². The zero-order valence-electron chi connectivity index (χ0n) is 14.7. The van der Waals surface area contributed by atoms with E-state index >= 15 is 0 Å². The number of halogens is 1. The van der Waals surface area contributed by atoms with E-state index in [9.17, 15) is 9.18 Å². The van der Waals surface area contributed by atoms with E-state index in [4.69, 9.17) is 0 Å². The minimum atomic E-state index is -0.272.